The summed E-state index contributed by atoms with van der Waals surface area (Å²) in [6.07, 6.45) is 0.365. The Hall–Kier alpha value is -2.24. The Morgan fingerprint density at radius 1 is 1.33 bits per heavy atom. The summed E-state index contributed by atoms with van der Waals surface area (Å²) in [6, 6.07) is 4.92. The van der Waals surface area contributed by atoms with Crippen LogP contribution < -0.4 is 22.1 Å². The number of hydrogen-bond donors (Lipinski definition) is 4. The summed E-state index contributed by atoms with van der Waals surface area (Å²) in [6.45, 7) is 2.96. The lowest BCUT2D eigenvalue weighted by atomic mass is 10.1. The molecule has 0 saturated carbocycles. The van der Waals surface area contributed by atoms with Crippen molar-refractivity contribution in [3.8, 4) is 0 Å². The number of nitrogens with two attached hydrogens (primary N) is 2. The number of hydrogen-bond acceptors (Lipinski definition) is 4. The van der Waals surface area contributed by atoms with E-state index in [0.29, 0.717) is 30.9 Å². The minimum Gasteiger partial charge on any atom is -0.398 e. The number of carbonyl (C=O) groups excluding carboxylic acids is 2. The Labute approximate surface area is 106 Å². The molecule has 0 heterocycles. The van der Waals surface area contributed by atoms with E-state index in [1.807, 2.05) is 6.92 Å². The van der Waals surface area contributed by atoms with Crippen LogP contribution >= 0.6 is 0 Å². The highest BCUT2D eigenvalue weighted by Crippen LogP contribution is 2.17. The van der Waals surface area contributed by atoms with Crippen molar-refractivity contribution in [1.29, 1.82) is 0 Å². The molecule has 0 atom stereocenters. The van der Waals surface area contributed by atoms with Crippen molar-refractivity contribution >= 4 is 23.2 Å². The third kappa shape index (κ3) is 3.97. The molecule has 0 bridgehead atoms. The van der Waals surface area contributed by atoms with Gasteiger partial charge in [-0.2, -0.15) is 0 Å². The molecule has 0 unspecified atom stereocenters. The van der Waals surface area contributed by atoms with E-state index in [0.717, 1.165) is 0 Å². The van der Waals surface area contributed by atoms with Crippen LogP contribution in [0.4, 0.5) is 11.4 Å². The van der Waals surface area contributed by atoms with Crippen molar-refractivity contribution in [1.82, 2.24) is 5.32 Å². The first-order valence-electron chi connectivity index (χ1n) is 5.74. The predicted molar refractivity (Wildman–Crippen MR) is 71.2 cm³/mol. The van der Waals surface area contributed by atoms with E-state index in [1.54, 1.807) is 18.2 Å². The van der Waals surface area contributed by atoms with Gasteiger partial charge >= 0.3 is 0 Å². The Bertz CT molecular complexity index is 446. The summed E-state index contributed by atoms with van der Waals surface area (Å²) in [5.41, 5.74) is 12.1. The zero-order valence-electron chi connectivity index (χ0n) is 10.3. The van der Waals surface area contributed by atoms with Gasteiger partial charge in [0.15, 0.2) is 0 Å². The molecule has 18 heavy (non-hydrogen) atoms. The minimum atomic E-state index is -0.570. The Balaban J connectivity index is 2.55. The van der Waals surface area contributed by atoms with Gasteiger partial charge in [0.05, 0.1) is 5.56 Å². The molecule has 0 spiro atoms. The van der Waals surface area contributed by atoms with E-state index in [2.05, 4.69) is 10.6 Å². The molecule has 0 saturated heterocycles. The number of primary amides is 1. The predicted octanol–water partition coefficient (Wildman–Crippen LogP) is 0.306. The molecule has 1 aromatic rings. The monoisotopic (exact) mass is 250 g/mol. The maximum Gasteiger partial charge on any atom is 0.250 e. The standard InChI is InChI=1S/C12H18N4O2/c1-2-15-11(17)5-6-16-8-3-4-10(13)9(7-8)12(14)18/h3-4,7,16H,2,5-6,13H2,1H3,(H2,14,18)(H,15,17). The highest BCUT2D eigenvalue weighted by atomic mass is 16.1. The molecule has 2 amide bonds. The van der Waals surface area contributed by atoms with Crippen LogP contribution in [0, 0.1) is 0 Å². The molecule has 6 N–H and O–H groups in total. The average Bonchev–Trinajstić information content (AvgIpc) is 2.31. The number of amides is 2. The summed E-state index contributed by atoms with van der Waals surface area (Å²) in [5, 5.41) is 5.73. The van der Waals surface area contributed by atoms with Crippen LogP contribution in [0.2, 0.25) is 0 Å². The molecule has 0 aliphatic carbocycles. The highest BCUT2D eigenvalue weighted by molar-refractivity contribution is 5.98. The zero-order valence-corrected chi connectivity index (χ0v) is 10.3. The van der Waals surface area contributed by atoms with Crippen molar-refractivity contribution in [2.75, 3.05) is 24.1 Å². The molecule has 0 aliphatic heterocycles. The van der Waals surface area contributed by atoms with Crippen molar-refractivity contribution in [3.05, 3.63) is 23.8 Å². The average molecular weight is 250 g/mol. The number of benzene rings is 1. The lowest BCUT2D eigenvalue weighted by Gasteiger charge is -2.09. The van der Waals surface area contributed by atoms with E-state index in [1.165, 1.54) is 0 Å². The Morgan fingerprint density at radius 3 is 2.67 bits per heavy atom. The molecule has 98 valence electrons. The number of nitrogens with one attached hydrogen (secondary N) is 2. The molecule has 6 heteroatoms. The normalized spacial score (nSPS) is 9.83. The van der Waals surface area contributed by atoms with Gasteiger partial charge in [0.25, 0.3) is 5.91 Å². The summed E-state index contributed by atoms with van der Waals surface area (Å²) < 4.78 is 0. The fourth-order valence-corrected chi connectivity index (χ4v) is 1.49. The lowest BCUT2D eigenvalue weighted by Crippen LogP contribution is -2.24. The summed E-state index contributed by atoms with van der Waals surface area (Å²) in [7, 11) is 0. The van der Waals surface area contributed by atoms with Crippen LogP contribution in [0.25, 0.3) is 0 Å². The highest BCUT2D eigenvalue weighted by Gasteiger charge is 2.06. The Kier molecular flexibility index (Phi) is 4.98. The van der Waals surface area contributed by atoms with Gasteiger partial charge in [-0.1, -0.05) is 0 Å². The van der Waals surface area contributed by atoms with E-state index >= 15 is 0 Å². The van der Waals surface area contributed by atoms with E-state index < -0.39 is 5.91 Å². The molecule has 0 radical (unpaired) electrons. The third-order valence-corrected chi connectivity index (χ3v) is 2.37. The van der Waals surface area contributed by atoms with Crippen molar-refractivity contribution in [2.24, 2.45) is 5.73 Å². The quantitative estimate of drug-likeness (QED) is 0.544. The van der Waals surface area contributed by atoms with Gasteiger partial charge in [-0.25, -0.2) is 0 Å². The smallest absolute Gasteiger partial charge is 0.250 e. The number of rotatable bonds is 6. The zero-order chi connectivity index (χ0) is 13.5. The van der Waals surface area contributed by atoms with Crippen molar-refractivity contribution in [2.45, 2.75) is 13.3 Å². The van der Waals surface area contributed by atoms with Crippen molar-refractivity contribution < 1.29 is 9.59 Å². The molecular formula is C12H18N4O2. The summed E-state index contributed by atoms with van der Waals surface area (Å²) >= 11 is 0. The fraction of sp³-hybridized carbons (Fsp3) is 0.333. The molecule has 0 aromatic heterocycles. The van der Waals surface area contributed by atoms with Gasteiger partial charge in [-0.3, -0.25) is 9.59 Å². The van der Waals surface area contributed by atoms with Gasteiger partial charge in [0.1, 0.15) is 0 Å². The molecule has 0 aliphatic rings. The third-order valence-electron chi connectivity index (χ3n) is 2.37. The van der Waals surface area contributed by atoms with Gasteiger partial charge in [0.2, 0.25) is 5.91 Å². The van der Waals surface area contributed by atoms with Crippen LogP contribution in [0.3, 0.4) is 0 Å². The Morgan fingerprint density at radius 2 is 2.06 bits per heavy atom. The summed E-state index contributed by atoms with van der Waals surface area (Å²) in [5.74, 6) is -0.588. The van der Waals surface area contributed by atoms with Gasteiger partial charge < -0.3 is 22.1 Å². The molecule has 1 rings (SSSR count). The van der Waals surface area contributed by atoms with Crippen LogP contribution in [0.15, 0.2) is 18.2 Å². The van der Waals surface area contributed by atoms with Gasteiger partial charge in [0, 0.05) is 30.9 Å². The van der Waals surface area contributed by atoms with E-state index in [9.17, 15) is 9.59 Å². The first-order chi connectivity index (χ1) is 8.54. The fourth-order valence-electron chi connectivity index (χ4n) is 1.49. The molecule has 6 nitrogen and oxygen atoms in total. The molecular weight excluding hydrogens is 232 g/mol. The van der Waals surface area contributed by atoms with E-state index in [4.69, 9.17) is 11.5 Å². The van der Waals surface area contributed by atoms with Gasteiger partial charge in [-0.05, 0) is 25.1 Å². The van der Waals surface area contributed by atoms with Gasteiger partial charge in [-0.15, -0.1) is 0 Å². The van der Waals surface area contributed by atoms with Crippen LogP contribution in [-0.2, 0) is 4.79 Å². The number of anilines is 2. The topological polar surface area (TPSA) is 110 Å². The van der Waals surface area contributed by atoms with Crippen molar-refractivity contribution in [3.63, 3.8) is 0 Å². The maximum absolute atomic E-state index is 11.2. The molecule has 1 aromatic carbocycles. The number of nitrogen functional groups attached to an aromatic ring is 1. The first kappa shape index (κ1) is 13.8. The second-order valence-corrected chi connectivity index (χ2v) is 3.80. The SMILES string of the molecule is CCNC(=O)CCNc1ccc(N)c(C(N)=O)c1. The number of carbonyl (C=O) groups is 2. The maximum atomic E-state index is 11.2. The van der Waals surface area contributed by atoms with E-state index in [-0.39, 0.29) is 11.5 Å². The molecule has 0 fully saturated rings. The lowest BCUT2D eigenvalue weighted by molar-refractivity contribution is -0.120. The second-order valence-electron chi connectivity index (χ2n) is 3.80. The first-order valence-corrected chi connectivity index (χ1v) is 5.74. The second kappa shape index (κ2) is 6.48. The minimum absolute atomic E-state index is 0.0180. The van der Waals surface area contributed by atoms with Crippen LogP contribution in [-0.4, -0.2) is 24.9 Å². The largest absolute Gasteiger partial charge is 0.398 e. The summed E-state index contributed by atoms with van der Waals surface area (Å²) in [4.78, 5) is 22.3. The van der Waals surface area contributed by atoms with Crippen LogP contribution in [0.5, 0.6) is 0 Å². The van der Waals surface area contributed by atoms with Crippen LogP contribution in [0.1, 0.15) is 23.7 Å².